The monoisotopic (exact) mass is 422 g/mol. The zero-order valence-electron chi connectivity index (χ0n) is 19.0. The number of likely N-dealkylation sites (tertiary alicyclic amines) is 1. The Morgan fingerprint density at radius 2 is 2.00 bits per heavy atom. The van der Waals surface area contributed by atoms with E-state index in [1.807, 2.05) is 31.6 Å². The average molecular weight is 423 g/mol. The van der Waals surface area contributed by atoms with Gasteiger partial charge < -0.3 is 15.0 Å². The Bertz CT molecular complexity index is 922. The lowest BCUT2D eigenvalue weighted by Gasteiger charge is -2.39. The summed E-state index contributed by atoms with van der Waals surface area (Å²) in [6, 6.07) is 11.4. The normalized spacial score (nSPS) is 21.7. The molecule has 0 spiro atoms. The van der Waals surface area contributed by atoms with Gasteiger partial charge in [-0.25, -0.2) is 4.79 Å². The Morgan fingerprint density at radius 1 is 1.26 bits per heavy atom. The SMILES string of the molecule is CC/C(=C\c1ccccc1)[C@@H]1C[C@H]1NCc1cnn(C2CN(C(=O)OC(C)(C)C)C2)c1. The van der Waals surface area contributed by atoms with Crippen LogP contribution in [0.5, 0.6) is 0 Å². The molecule has 1 N–H and O–H groups in total. The molecule has 31 heavy (non-hydrogen) atoms. The second-order valence-corrected chi connectivity index (χ2v) is 9.68. The van der Waals surface area contributed by atoms with Crippen molar-refractivity contribution in [1.29, 1.82) is 0 Å². The lowest BCUT2D eigenvalue weighted by atomic mass is 10.0. The summed E-state index contributed by atoms with van der Waals surface area (Å²) in [4.78, 5) is 13.8. The molecule has 1 aliphatic heterocycles. The van der Waals surface area contributed by atoms with Crippen LogP contribution in [0, 0.1) is 5.92 Å². The average Bonchev–Trinajstić information content (AvgIpc) is 3.31. The van der Waals surface area contributed by atoms with E-state index in [-0.39, 0.29) is 12.1 Å². The minimum absolute atomic E-state index is 0.232. The molecule has 6 nitrogen and oxygen atoms in total. The molecule has 2 atom stereocenters. The van der Waals surface area contributed by atoms with Gasteiger partial charge in [-0.05, 0) is 45.1 Å². The van der Waals surface area contributed by atoms with Crippen molar-refractivity contribution in [3.05, 3.63) is 59.4 Å². The molecule has 1 saturated heterocycles. The second kappa shape index (κ2) is 8.87. The number of nitrogens with one attached hydrogen (secondary N) is 1. The zero-order valence-corrected chi connectivity index (χ0v) is 19.0. The van der Waals surface area contributed by atoms with Crippen LogP contribution in [0.15, 0.2) is 48.3 Å². The first-order valence-electron chi connectivity index (χ1n) is 11.3. The third kappa shape index (κ3) is 5.56. The molecule has 166 valence electrons. The van der Waals surface area contributed by atoms with Gasteiger partial charge in [-0.15, -0.1) is 0 Å². The van der Waals surface area contributed by atoms with E-state index in [2.05, 4.69) is 59.9 Å². The van der Waals surface area contributed by atoms with Crippen molar-refractivity contribution in [3.8, 4) is 0 Å². The molecule has 1 amide bonds. The van der Waals surface area contributed by atoms with Gasteiger partial charge in [0.15, 0.2) is 0 Å². The van der Waals surface area contributed by atoms with E-state index < -0.39 is 5.60 Å². The van der Waals surface area contributed by atoms with E-state index >= 15 is 0 Å². The predicted octanol–water partition coefficient (Wildman–Crippen LogP) is 4.65. The van der Waals surface area contributed by atoms with Crippen LogP contribution in [0.4, 0.5) is 4.79 Å². The fourth-order valence-corrected chi connectivity index (χ4v) is 4.08. The summed E-state index contributed by atoms with van der Waals surface area (Å²) in [6.45, 7) is 10.0. The van der Waals surface area contributed by atoms with Gasteiger partial charge in [0.1, 0.15) is 5.60 Å². The van der Waals surface area contributed by atoms with Crippen molar-refractivity contribution in [1.82, 2.24) is 20.0 Å². The largest absolute Gasteiger partial charge is 0.444 e. The van der Waals surface area contributed by atoms with Crippen molar-refractivity contribution in [2.24, 2.45) is 5.92 Å². The van der Waals surface area contributed by atoms with Crippen molar-refractivity contribution in [2.75, 3.05) is 13.1 Å². The molecule has 2 heterocycles. The molecule has 1 saturated carbocycles. The summed E-state index contributed by atoms with van der Waals surface area (Å²) in [5.74, 6) is 0.634. The maximum Gasteiger partial charge on any atom is 0.410 e. The molecule has 2 aliphatic rings. The molecule has 2 fully saturated rings. The van der Waals surface area contributed by atoms with Crippen molar-refractivity contribution in [3.63, 3.8) is 0 Å². The Balaban J connectivity index is 1.23. The number of carbonyl (C=O) groups is 1. The van der Waals surface area contributed by atoms with Gasteiger partial charge in [0.2, 0.25) is 0 Å². The summed E-state index contributed by atoms with van der Waals surface area (Å²) in [5, 5.41) is 8.20. The number of hydrogen-bond donors (Lipinski definition) is 1. The number of aromatic nitrogens is 2. The fourth-order valence-electron chi connectivity index (χ4n) is 4.08. The lowest BCUT2D eigenvalue weighted by molar-refractivity contribution is -0.000396. The van der Waals surface area contributed by atoms with Gasteiger partial charge in [-0.2, -0.15) is 5.10 Å². The van der Waals surface area contributed by atoms with Crippen LogP contribution in [-0.4, -0.2) is 45.5 Å². The molecule has 2 aromatic rings. The van der Waals surface area contributed by atoms with Gasteiger partial charge in [0.25, 0.3) is 0 Å². The van der Waals surface area contributed by atoms with Crippen LogP contribution in [0.25, 0.3) is 6.08 Å². The Kier molecular flexibility index (Phi) is 6.19. The van der Waals surface area contributed by atoms with Gasteiger partial charge in [-0.3, -0.25) is 4.68 Å². The first kappa shape index (κ1) is 21.6. The summed E-state index contributed by atoms with van der Waals surface area (Å²) >= 11 is 0. The number of amides is 1. The molecular formula is C25H34N4O2. The second-order valence-electron chi connectivity index (χ2n) is 9.68. The van der Waals surface area contributed by atoms with Crippen LogP contribution >= 0.6 is 0 Å². The van der Waals surface area contributed by atoms with E-state index in [9.17, 15) is 4.79 Å². The number of carbonyl (C=O) groups excluding carboxylic acids is 1. The maximum atomic E-state index is 12.1. The number of ether oxygens (including phenoxy) is 1. The summed E-state index contributed by atoms with van der Waals surface area (Å²) in [6.07, 6.45) is 8.42. The number of benzene rings is 1. The quantitative estimate of drug-likeness (QED) is 0.706. The highest BCUT2D eigenvalue weighted by molar-refractivity contribution is 5.69. The molecule has 0 bridgehead atoms. The van der Waals surface area contributed by atoms with E-state index in [0.29, 0.717) is 25.0 Å². The van der Waals surface area contributed by atoms with Crippen LogP contribution in [0.3, 0.4) is 0 Å². The minimum atomic E-state index is -0.457. The highest BCUT2D eigenvalue weighted by atomic mass is 16.6. The van der Waals surface area contributed by atoms with Crippen LogP contribution in [0.2, 0.25) is 0 Å². The Hall–Kier alpha value is -2.60. The van der Waals surface area contributed by atoms with E-state index in [1.165, 1.54) is 23.1 Å². The fraction of sp³-hybridized carbons (Fsp3) is 0.520. The van der Waals surface area contributed by atoms with Crippen molar-refractivity contribution in [2.45, 2.75) is 64.8 Å². The zero-order chi connectivity index (χ0) is 22.0. The third-order valence-electron chi connectivity index (χ3n) is 5.94. The maximum absolute atomic E-state index is 12.1. The summed E-state index contributed by atoms with van der Waals surface area (Å²) < 4.78 is 7.40. The van der Waals surface area contributed by atoms with E-state index in [1.54, 1.807) is 4.90 Å². The molecule has 0 unspecified atom stereocenters. The molecule has 6 heteroatoms. The predicted molar refractivity (Wildman–Crippen MR) is 123 cm³/mol. The summed E-state index contributed by atoms with van der Waals surface area (Å²) in [7, 11) is 0. The molecule has 0 radical (unpaired) electrons. The highest BCUT2D eigenvalue weighted by Gasteiger charge is 2.39. The summed E-state index contributed by atoms with van der Waals surface area (Å²) in [5.41, 5.74) is 3.54. The Labute approximate surface area is 185 Å². The first-order chi connectivity index (χ1) is 14.8. The molecule has 1 aromatic heterocycles. The van der Waals surface area contributed by atoms with Crippen molar-refractivity contribution < 1.29 is 9.53 Å². The van der Waals surface area contributed by atoms with Gasteiger partial charge >= 0.3 is 6.09 Å². The van der Waals surface area contributed by atoms with Gasteiger partial charge in [-0.1, -0.05) is 48.9 Å². The standard InChI is InChI=1S/C25H34N4O2/c1-5-20(11-18-9-7-6-8-10-18)22-12-23(22)26-13-19-14-27-29(15-19)21-16-28(17-21)24(30)31-25(2,3)4/h6-11,14-15,21-23,26H,5,12-13,16-17H2,1-4H3/b20-11+/t22-,23+/m0/s1. The van der Waals surface area contributed by atoms with Gasteiger partial charge in [0, 0.05) is 37.4 Å². The van der Waals surface area contributed by atoms with Crippen LogP contribution < -0.4 is 5.32 Å². The molecule has 1 aliphatic carbocycles. The Morgan fingerprint density at radius 3 is 2.68 bits per heavy atom. The number of rotatable bonds is 7. The topological polar surface area (TPSA) is 59.4 Å². The highest BCUT2D eigenvalue weighted by Crippen LogP contribution is 2.40. The molecule has 1 aromatic carbocycles. The number of hydrogen-bond acceptors (Lipinski definition) is 4. The minimum Gasteiger partial charge on any atom is -0.444 e. The third-order valence-corrected chi connectivity index (χ3v) is 5.94. The van der Waals surface area contributed by atoms with Crippen LogP contribution in [-0.2, 0) is 11.3 Å². The lowest BCUT2D eigenvalue weighted by Crippen LogP contribution is -2.52. The van der Waals surface area contributed by atoms with Crippen LogP contribution in [0.1, 0.15) is 57.7 Å². The molecule has 4 rings (SSSR count). The van der Waals surface area contributed by atoms with E-state index in [0.717, 1.165) is 13.0 Å². The molecular weight excluding hydrogens is 388 g/mol. The van der Waals surface area contributed by atoms with Crippen molar-refractivity contribution >= 4 is 12.2 Å². The van der Waals surface area contributed by atoms with Gasteiger partial charge in [0.05, 0.1) is 12.2 Å². The number of nitrogens with zero attached hydrogens (tertiary/aromatic N) is 3. The first-order valence-corrected chi connectivity index (χ1v) is 11.3. The van der Waals surface area contributed by atoms with E-state index in [4.69, 9.17) is 4.74 Å². The smallest absolute Gasteiger partial charge is 0.410 e.